The van der Waals surface area contributed by atoms with Crippen LogP contribution in [0.1, 0.15) is 24.0 Å². The first-order chi connectivity index (χ1) is 11.8. The van der Waals surface area contributed by atoms with Gasteiger partial charge in [0.15, 0.2) is 0 Å². The monoisotopic (exact) mass is 313 g/mol. The Morgan fingerprint density at radius 3 is 2.75 bits per heavy atom. The predicted octanol–water partition coefficient (Wildman–Crippen LogP) is 4.50. The normalized spacial score (nSPS) is 15.8. The van der Waals surface area contributed by atoms with Gasteiger partial charge in [-0.2, -0.15) is 5.10 Å². The molecule has 1 aliphatic rings. The first-order valence-corrected chi connectivity index (χ1v) is 8.49. The average molecular weight is 313 g/mol. The Morgan fingerprint density at radius 2 is 1.83 bits per heavy atom. The number of aromatic amines is 1. The molecule has 0 unspecified atom stereocenters. The Morgan fingerprint density at radius 1 is 0.958 bits per heavy atom. The Bertz CT molecular complexity index is 1020. The van der Waals surface area contributed by atoms with E-state index >= 15 is 0 Å². The molecule has 0 atom stereocenters. The highest BCUT2D eigenvalue weighted by Gasteiger charge is 2.44. The summed E-state index contributed by atoms with van der Waals surface area (Å²) in [6.07, 6.45) is 4.29. The number of nitrogens with one attached hydrogen (secondary N) is 2. The fraction of sp³-hybridized carbons (Fsp3) is 0.190. The van der Waals surface area contributed by atoms with E-state index in [1.165, 1.54) is 40.1 Å². The van der Waals surface area contributed by atoms with E-state index in [9.17, 15) is 0 Å². The number of rotatable bonds is 4. The van der Waals surface area contributed by atoms with E-state index in [1.807, 2.05) is 6.20 Å². The zero-order valence-electron chi connectivity index (χ0n) is 13.4. The van der Waals surface area contributed by atoms with Crippen molar-refractivity contribution in [1.82, 2.24) is 15.5 Å². The molecule has 1 fully saturated rings. The van der Waals surface area contributed by atoms with Crippen LogP contribution in [0.5, 0.6) is 0 Å². The van der Waals surface area contributed by atoms with Gasteiger partial charge in [0.25, 0.3) is 0 Å². The molecule has 0 spiro atoms. The van der Waals surface area contributed by atoms with Crippen LogP contribution in [0.25, 0.3) is 21.7 Å². The quantitative estimate of drug-likeness (QED) is 0.582. The molecule has 118 valence electrons. The van der Waals surface area contributed by atoms with Crippen LogP contribution in [-0.4, -0.2) is 10.2 Å². The van der Waals surface area contributed by atoms with Crippen LogP contribution >= 0.6 is 0 Å². The number of hydrogen-bond donors (Lipinski definition) is 2. The van der Waals surface area contributed by atoms with Crippen LogP contribution in [0.4, 0.5) is 0 Å². The highest BCUT2D eigenvalue weighted by molar-refractivity contribution is 5.87. The molecule has 4 aromatic rings. The van der Waals surface area contributed by atoms with Gasteiger partial charge in [-0.3, -0.25) is 5.10 Å². The largest absolute Gasteiger partial charge is 0.303 e. The summed E-state index contributed by atoms with van der Waals surface area (Å²) in [6.45, 7) is 0.879. The molecule has 3 nitrogen and oxygen atoms in total. The van der Waals surface area contributed by atoms with Crippen molar-refractivity contribution in [2.24, 2.45) is 0 Å². The van der Waals surface area contributed by atoms with Crippen molar-refractivity contribution in [1.29, 1.82) is 0 Å². The fourth-order valence-electron chi connectivity index (χ4n) is 3.68. The lowest BCUT2D eigenvalue weighted by atomic mass is 9.96. The molecule has 0 saturated heterocycles. The van der Waals surface area contributed by atoms with Gasteiger partial charge < -0.3 is 5.32 Å². The molecule has 1 aliphatic carbocycles. The molecule has 0 amide bonds. The van der Waals surface area contributed by atoms with Crippen molar-refractivity contribution in [2.75, 3.05) is 0 Å². The van der Waals surface area contributed by atoms with E-state index in [0.29, 0.717) is 0 Å². The summed E-state index contributed by atoms with van der Waals surface area (Å²) < 4.78 is 0. The van der Waals surface area contributed by atoms with Crippen LogP contribution in [0.3, 0.4) is 0 Å². The average Bonchev–Trinajstić information content (AvgIpc) is 3.28. The minimum absolute atomic E-state index is 0.131. The summed E-state index contributed by atoms with van der Waals surface area (Å²) >= 11 is 0. The van der Waals surface area contributed by atoms with E-state index in [-0.39, 0.29) is 5.54 Å². The number of aromatic nitrogens is 2. The summed E-state index contributed by atoms with van der Waals surface area (Å²) in [7, 11) is 0. The van der Waals surface area contributed by atoms with E-state index in [4.69, 9.17) is 0 Å². The maximum Gasteiger partial charge on any atom is 0.0650 e. The molecule has 3 heteroatoms. The van der Waals surface area contributed by atoms with Crippen LogP contribution < -0.4 is 5.32 Å². The van der Waals surface area contributed by atoms with Gasteiger partial charge in [0.1, 0.15) is 0 Å². The van der Waals surface area contributed by atoms with E-state index < -0.39 is 0 Å². The molecule has 24 heavy (non-hydrogen) atoms. The van der Waals surface area contributed by atoms with Crippen molar-refractivity contribution in [3.8, 4) is 0 Å². The van der Waals surface area contributed by atoms with Crippen molar-refractivity contribution in [3.63, 3.8) is 0 Å². The molecule has 3 aromatic carbocycles. The van der Waals surface area contributed by atoms with Crippen molar-refractivity contribution >= 4 is 21.7 Å². The molecule has 2 N–H and O–H groups in total. The van der Waals surface area contributed by atoms with Gasteiger partial charge in [0.2, 0.25) is 0 Å². The number of nitrogens with zero attached hydrogens (tertiary/aromatic N) is 1. The molecular formula is C21H19N3. The van der Waals surface area contributed by atoms with Gasteiger partial charge in [-0.1, -0.05) is 48.5 Å². The second kappa shape index (κ2) is 5.18. The standard InChI is InChI=1S/C21H19N3/c1-2-6-18-16(4-1)5-3-7-19(18)21(10-11-21)22-13-15-8-9-20-17(12-15)14-23-24-20/h1-9,12,14,22H,10-11,13H2,(H,23,24). The lowest BCUT2D eigenvalue weighted by Crippen LogP contribution is -2.28. The molecule has 0 radical (unpaired) electrons. The second-order valence-corrected chi connectivity index (χ2v) is 6.75. The summed E-state index contributed by atoms with van der Waals surface area (Å²) in [5, 5.41) is 14.8. The van der Waals surface area contributed by atoms with Crippen LogP contribution in [0.15, 0.2) is 66.9 Å². The van der Waals surface area contributed by atoms with E-state index in [1.54, 1.807) is 0 Å². The third-order valence-corrected chi connectivity index (χ3v) is 5.19. The third kappa shape index (κ3) is 2.21. The van der Waals surface area contributed by atoms with Gasteiger partial charge in [-0.15, -0.1) is 0 Å². The summed E-state index contributed by atoms with van der Waals surface area (Å²) in [4.78, 5) is 0. The molecule has 1 aromatic heterocycles. The maximum atomic E-state index is 4.10. The van der Waals surface area contributed by atoms with E-state index in [2.05, 4.69) is 76.2 Å². The SMILES string of the molecule is c1ccc2c(C3(NCc4ccc5[nH]ncc5c4)CC3)cccc2c1. The highest BCUT2D eigenvalue weighted by atomic mass is 15.1. The molecule has 5 rings (SSSR count). The maximum absolute atomic E-state index is 4.10. The summed E-state index contributed by atoms with van der Waals surface area (Å²) in [5.74, 6) is 0. The Kier molecular flexibility index (Phi) is 2.97. The lowest BCUT2D eigenvalue weighted by molar-refractivity contribution is 0.522. The fourth-order valence-corrected chi connectivity index (χ4v) is 3.68. The number of benzene rings is 3. The molecule has 0 bridgehead atoms. The number of hydrogen-bond acceptors (Lipinski definition) is 2. The van der Waals surface area contributed by atoms with Crippen LogP contribution in [-0.2, 0) is 12.1 Å². The minimum Gasteiger partial charge on any atom is -0.303 e. The molecule has 0 aliphatic heterocycles. The second-order valence-electron chi connectivity index (χ2n) is 6.75. The first kappa shape index (κ1) is 13.8. The molecule has 1 saturated carbocycles. The van der Waals surface area contributed by atoms with Gasteiger partial charge in [-0.05, 0) is 46.9 Å². The van der Waals surface area contributed by atoms with Gasteiger partial charge in [-0.25, -0.2) is 0 Å². The van der Waals surface area contributed by atoms with Crippen molar-refractivity contribution < 1.29 is 0 Å². The predicted molar refractivity (Wildman–Crippen MR) is 97.8 cm³/mol. The zero-order valence-corrected chi connectivity index (χ0v) is 13.4. The number of H-pyrrole nitrogens is 1. The first-order valence-electron chi connectivity index (χ1n) is 8.49. The highest BCUT2D eigenvalue weighted by Crippen LogP contribution is 2.48. The van der Waals surface area contributed by atoms with Gasteiger partial charge >= 0.3 is 0 Å². The number of fused-ring (bicyclic) bond motifs is 2. The third-order valence-electron chi connectivity index (χ3n) is 5.19. The summed E-state index contributed by atoms with van der Waals surface area (Å²) in [5.41, 5.74) is 3.96. The van der Waals surface area contributed by atoms with Gasteiger partial charge in [0, 0.05) is 17.5 Å². The minimum atomic E-state index is 0.131. The zero-order chi connectivity index (χ0) is 16.0. The molecular weight excluding hydrogens is 294 g/mol. The van der Waals surface area contributed by atoms with Crippen LogP contribution in [0.2, 0.25) is 0 Å². The topological polar surface area (TPSA) is 40.7 Å². The Balaban J connectivity index is 1.45. The van der Waals surface area contributed by atoms with Crippen molar-refractivity contribution in [2.45, 2.75) is 24.9 Å². The lowest BCUT2D eigenvalue weighted by Gasteiger charge is -2.20. The van der Waals surface area contributed by atoms with Crippen LogP contribution in [0, 0.1) is 0 Å². The summed E-state index contributed by atoms with van der Waals surface area (Å²) in [6, 6.07) is 21.8. The Labute approximate surface area is 140 Å². The smallest absolute Gasteiger partial charge is 0.0650 e. The van der Waals surface area contributed by atoms with Gasteiger partial charge in [0.05, 0.1) is 11.7 Å². The Hall–Kier alpha value is -2.65. The van der Waals surface area contributed by atoms with E-state index in [0.717, 1.165) is 12.1 Å². The molecule has 1 heterocycles. The van der Waals surface area contributed by atoms with Crippen molar-refractivity contribution in [3.05, 3.63) is 78.0 Å².